The highest BCUT2D eigenvalue weighted by Crippen LogP contribution is 2.23. The molecule has 2 heterocycles. The first-order valence-corrected chi connectivity index (χ1v) is 7.86. The molecule has 1 aliphatic heterocycles. The maximum absolute atomic E-state index is 11.5. The first-order valence-electron chi connectivity index (χ1n) is 6.04. The second-order valence-corrected chi connectivity index (χ2v) is 7.13. The number of rotatable bonds is 3. The van der Waals surface area contributed by atoms with Gasteiger partial charge in [-0.15, -0.1) is 0 Å². The summed E-state index contributed by atoms with van der Waals surface area (Å²) in [5.74, 6) is 1.27. The standard InChI is InChI=1S/C12H19N3O2S/c1-9(13)10-3-5-14-12(7-10)15(2)11-4-6-18(16,17)8-11/h3,5,7,9,11H,4,6,8,13H2,1-2H3. The maximum atomic E-state index is 11.5. The maximum Gasteiger partial charge on any atom is 0.152 e. The van der Waals surface area contributed by atoms with E-state index in [-0.39, 0.29) is 23.6 Å². The molecule has 2 atom stereocenters. The number of anilines is 1. The molecule has 0 amide bonds. The molecule has 1 saturated heterocycles. The molecule has 1 aliphatic rings. The van der Waals surface area contributed by atoms with Gasteiger partial charge in [0.25, 0.3) is 0 Å². The molecular formula is C12H19N3O2S. The fourth-order valence-electron chi connectivity index (χ4n) is 2.18. The van der Waals surface area contributed by atoms with Crippen LogP contribution in [0.5, 0.6) is 0 Å². The van der Waals surface area contributed by atoms with Gasteiger partial charge in [-0.1, -0.05) is 0 Å². The second-order valence-electron chi connectivity index (χ2n) is 4.90. The summed E-state index contributed by atoms with van der Waals surface area (Å²) in [7, 11) is -0.981. The number of aromatic nitrogens is 1. The molecule has 0 radical (unpaired) electrons. The second kappa shape index (κ2) is 4.85. The monoisotopic (exact) mass is 269 g/mol. The number of nitrogens with zero attached hydrogens (tertiary/aromatic N) is 2. The van der Waals surface area contributed by atoms with E-state index >= 15 is 0 Å². The van der Waals surface area contributed by atoms with E-state index in [9.17, 15) is 8.42 Å². The smallest absolute Gasteiger partial charge is 0.152 e. The third-order valence-corrected chi connectivity index (χ3v) is 5.16. The van der Waals surface area contributed by atoms with E-state index < -0.39 is 9.84 Å². The molecule has 5 nitrogen and oxygen atoms in total. The molecule has 2 rings (SSSR count). The average Bonchev–Trinajstić information content (AvgIpc) is 2.69. The zero-order chi connectivity index (χ0) is 13.3. The molecule has 0 spiro atoms. The molecule has 1 aromatic rings. The van der Waals surface area contributed by atoms with Gasteiger partial charge in [-0.25, -0.2) is 13.4 Å². The van der Waals surface area contributed by atoms with E-state index in [1.165, 1.54) is 0 Å². The summed E-state index contributed by atoms with van der Waals surface area (Å²) in [6, 6.07) is 3.78. The van der Waals surface area contributed by atoms with E-state index in [4.69, 9.17) is 5.73 Å². The molecule has 100 valence electrons. The highest BCUT2D eigenvalue weighted by Gasteiger charge is 2.31. The minimum atomic E-state index is -2.87. The molecule has 0 aliphatic carbocycles. The van der Waals surface area contributed by atoms with Gasteiger partial charge in [-0.3, -0.25) is 0 Å². The summed E-state index contributed by atoms with van der Waals surface area (Å²) in [5.41, 5.74) is 6.84. The Morgan fingerprint density at radius 3 is 2.83 bits per heavy atom. The lowest BCUT2D eigenvalue weighted by Crippen LogP contribution is -2.33. The Labute approximate surface area is 108 Å². The van der Waals surface area contributed by atoms with Gasteiger partial charge in [0.15, 0.2) is 9.84 Å². The zero-order valence-electron chi connectivity index (χ0n) is 10.7. The van der Waals surface area contributed by atoms with E-state index in [2.05, 4.69) is 4.98 Å². The molecule has 2 N–H and O–H groups in total. The fourth-order valence-corrected chi connectivity index (χ4v) is 3.95. The summed E-state index contributed by atoms with van der Waals surface area (Å²) in [6.45, 7) is 1.92. The fraction of sp³-hybridized carbons (Fsp3) is 0.583. The number of nitrogens with two attached hydrogens (primary N) is 1. The molecular weight excluding hydrogens is 250 g/mol. The van der Waals surface area contributed by atoms with Crippen molar-refractivity contribution in [1.29, 1.82) is 0 Å². The van der Waals surface area contributed by atoms with Crippen LogP contribution in [0.4, 0.5) is 5.82 Å². The minimum Gasteiger partial charge on any atom is -0.356 e. The Kier molecular flexibility index (Phi) is 3.59. The molecule has 1 aromatic heterocycles. The SMILES string of the molecule is CC(N)c1ccnc(N(C)C2CCS(=O)(=O)C2)c1. The largest absolute Gasteiger partial charge is 0.356 e. The lowest BCUT2D eigenvalue weighted by Gasteiger charge is -2.25. The van der Waals surface area contributed by atoms with Crippen LogP contribution in [0.3, 0.4) is 0 Å². The van der Waals surface area contributed by atoms with Gasteiger partial charge in [0.2, 0.25) is 0 Å². The number of hydrogen-bond donors (Lipinski definition) is 1. The summed E-state index contributed by atoms with van der Waals surface area (Å²) in [6.07, 6.45) is 2.39. The zero-order valence-corrected chi connectivity index (χ0v) is 11.5. The van der Waals surface area contributed by atoms with Crippen LogP contribution in [0.2, 0.25) is 0 Å². The van der Waals surface area contributed by atoms with Crippen molar-refractivity contribution in [1.82, 2.24) is 4.98 Å². The Balaban J connectivity index is 2.19. The van der Waals surface area contributed by atoms with Gasteiger partial charge in [0, 0.05) is 25.3 Å². The number of sulfone groups is 1. The molecule has 18 heavy (non-hydrogen) atoms. The quantitative estimate of drug-likeness (QED) is 0.875. The molecule has 1 fully saturated rings. The van der Waals surface area contributed by atoms with Crippen LogP contribution in [0.15, 0.2) is 18.3 Å². The summed E-state index contributed by atoms with van der Waals surface area (Å²) < 4.78 is 23.0. The van der Waals surface area contributed by atoms with Crippen LogP contribution < -0.4 is 10.6 Å². The minimum absolute atomic E-state index is 0.0193. The van der Waals surface area contributed by atoms with E-state index in [1.54, 1.807) is 6.20 Å². The molecule has 0 aromatic carbocycles. The first kappa shape index (κ1) is 13.3. The highest BCUT2D eigenvalue weighted by atomic mass is 32.2. The van der Waals surface area contributed by atoms with E-state index in [0.29, 0.717) is 6.42 Å². The van der Waals surface area contributed by atoms with Crippen molar-refractivity contribution in [2.24, 2.45) is 5.73 Å². The van der Waals surface area contributed by atoms with Crippen LogP contribution in [0.25, 0.3) is 0 Å². The normalized spacial score (nSPS) is 23.8. The topological polar surface area (TPSA) is 76.3 Å². The van der Waals surface area contributed by atoms with Crippen molar-refractivity contribution in [3.05, 3.63) is 23.9 Å². The summed E-state index contributed by atoms with van der Waals surface area (Å²) >= 11 is 0. The first-order chi connectivity index (χ1) is 8.39. The van der Waals surface area contributed by atoms with Gasteiger partial charge < -0.3 is 10.6 Å². The third kappa shape index (κ3) is 2.81. The van der Waals surface area contributed by atoms with Gasteiger partial charge in [-0.2, -0.15) is 0 Å². The van der Waals surface area contributed by atoms with Crippen molar-refractivity contribution in [2.45, 2.75) is 25.4 Å². The lowest BCUT2D eigenvalue weighted by molar-refractivity contribution is 0.600. The van der Waals surface area contributed by atoms with Crippen LogP contribution in [0, 0.1) is 0 Å². The van der Waals surface area contributed by atoms with Crippen LogP contribution >= 0.6 is 0 Å². The molecule has 0 bridgehead atoms. The van der Waals surface area contributed by atoms with Crippen molar-refractivity contribution in [3.63, 3.8) is 0 Å². The van der Waals surface area contributed by atoms with Crippen molar-refractivity contribution >= 4 is 15.7 Å². The van der Waals surface area contributed by atoms with Crippen LogP contribution in [-0.4, -0.2) is 38.0 Å². The lowest BCUT2D eigenvalue weighted by atomic mass is 10.1. The van der Waals surface area contributed by atoms with Gasteiger partial charge in [0.05, 0.1) is 11.5 Å². The summed E-state index contributed by atoms with van der Waals surface area (Å²) in [5, 5.41) is 0. The van der Waals surface area contributed by atoms with Gasteiger partial charge in [0.1, 0.15) is 5.82 Å². The average molecular weight is 269 g/mol. The van der Waals surface area contributed by atoms with Crippen LogP contribution in [-0.2, 0) is 9.84 Å². The predicted octanol–water partition coefficient (Wildman–Crippen LogP) is 0.725. The van der Waals surface area contributed by atoms with E-state index in [1.807, 2.05) is 31.0 Å². The van der Waals surface area contributed by atoms with Gasteiger partial charge >= 0.3 is 0 Å². The number of hydrogen-bond acceptors (Lipinski definition) is 5. The van der Waals surface area contributed by atoms with E-state index in [0.717, 1.165) is 11.4 Å². The van der Waals surface area contributed by atoms with Crippen LogP contribution in [0.1, 0.15) is 24.9 Å². The molecule has 6 heteroatoms. The van der Waals surface area contributed by atoms with Crippen molar-refractivity contribution < 1.29 is 8.42 Å². The Bertz CT molecular complexity index is 528. The number of pyridine rings is 1. The Morgan fingerprint density at radius 2 is 2.28 bits per heavy atom. The van der Waals surface area contributed by atoms with Crippen molar-refractivity contribution in [2.75, 3.05) is 23.5 Å². The molecule has 0 saturated carbocycles. The summed E-state index contributed by atoms with van der Waals surface area (Å²) in [4.78, 5) is 6.23. The predicted molar refractivity (Wildman–Crippen MR) is 72.3 cm³/mol. The Hall–Kier alpha value is -1.14. The van der Waals surface area contributed by atoms with Crippen molar-refractivity contribution in [3.8, 4) is 0 Å². The highest BCUT2D eigenvalue weighted by molar-refractivity contribution is 7.91. The Morgan fingerprint density at radius 1 is 1.56 bits per heavy atom. The third-order valence-electron chi connectivity index (χ3n) is 3.41. The van der Waals surface area contributed by atoms with Gasteiger partial charge in [-0.05, 0) is 31.0 Å². The molecule has 2 unspecified atom stereocenters.